The van der Waals surface area contributed by atoms with Gasteiger partial charge in [-0.05, 0) is 31.2 Å². The van der Waals surface area contributed by atoms with Crippen LogP contribution >= 0.6 is 0 Å². The number of anilines is 1. The number of nitrogens with zero attached hydrogens (tertiary/aromatic N) is 4. The largest absolute Gasteiger partial charge is 0.337 e. The Morgan fingerprint density at radius 1 is 1.04 bits per heavy atom. The van der Waals surface area contributed by atoms with Crippen LogP contribution in [0.15, 0.2) is 66.1 Å². The SMILES string of the molecule is Cc1nc(S(=O)(=O)Nc2cccc(-c3cn4ccccc4n3)c2)cn1C. The van der Waals surface area contributed by atoms with Gasteiger partial charge in [0.2, 0.25) is 0 Å². The van der Waals surface area contributed by atoms with E-state index in [1.807, 2.05) is 41.1 Å². The molecule has 0 bridgehead atoms. The average Bonchev–Trinajstić information content (AvgIpc) is 3.19. The Hall–Kier alpha value is -3.13. The van der Waals surface area contributed by atoms with Gasteiger partial charge in [0, 0.05) is 36.9 Å². The van der Waals surface area contributed by atoms with E-state index in [-0.39, 0.29) is 5.03 Å². The number of imidazole rings is 2. The van der Waals surface area contributed by atoms with E-state index in [2.05, 4.69) is 14.7 Å². The van der Waals surface area contributed by atoms with Crippen LogP contribution in [-0.2, 0) is 17.1 Å². The number of benzene rings is 1. The number of sulfonamides is 1. The molecule has 0 saturated heterocycles. The van der Waals surface area contributed by atoms with Crippen LogP contribution in [0, 0.1) is 6.92 Å². The van der Waals surface area contributed by atoms with Crippen molar-refractivity contribution in [2.75, 3.05) is 4.72 Å². The van der Waals surface area contributed by atoms with Gasteiger partial charge in [-0.15, -0.1) is 0 Å². The first-order valence-electron chi connectivity index (χ1n) is 7.99. The third kappa shape index (κ3) is 2.95. The predicted octanol–water partition coefficient (Wildman–Crippen LogP) is 2.84. The van der Waals surface area contributed by atoms with Crippen molar-refractivity contribution >= 4 is 21.4 Å². The lowest BCUT2D eigenvalue weighted by atomic mass is 10.1. The summed E-state index contributed by atoms with van der Waals surface area (Å²) in [5.41, 5.74) is 2.89. The molecule has 0 spiro atoms. The van der Waals surface area contributed by atoms with Crippen LogP contribution in [0.1, 0.15) is 5.82 Å². The van der Waals surface area contributed by atoms with Crippen molar-refractivity contribution in [3.8, 4) is 11.3 Å². The minimum Gasteiger partial charge on any atom is -0.337 e. The summed E-state index contributed by atoms with van der Waals surface area (Å²) in [6, 6.07) is 12.9. The minimum absolute atomic E-state index is 0.00404. The summed E-state index contributed by atoms with van der Waals surface area (Å²) in [7, 11) is -1.99. The quantitative estimate of drug-likeness (QED) is 0.601. The lowest BCUT2D eigenvalue weighted by Crippen LogP contribution is -2.13. The molecule has 0 fully saturated rings. The van der Waals surface area contributed by atoms with Crippen molar-refractivity contribution in [2.24, 2.45) is 7.05 Å². The Morgan fingerprint density at radius 3 is 2.62 bits per heavy atom. The second-order valence-electron chi connectivity index (χ2n) is 6.02. The zero-order chi connectivity index (χ0) is 18.3. The fourth-order valence-corrected chi connectivity index (χ4v) is 3.77. The van der Waals surface area contributed by atoms with Gasteiger partial charge in [-0.25, -0.2) is 9.97 Å². The number of rotatable bonds is 4. The van der Waals surface area contributed by atoms with Crippen molar-refractivity contribution in [1.82, 2.24) is 18.9 Å². The number of aromatic nitrogens is 4. The molecule has 132 valence electrons. The fraction of sp³-hybridized carbons (Fsp3) is 0.111. The maximum absolute atomic E-state index is 12.5. The molecule has 0 amide bonds. The topological polar surface area (TPSA) is 81.3 Å². The molecule has 8 heteroatoms. The van der Waals surface area contributed by atoms with Gasteiger partial charge in [0.1, 0.15) is 11.5 Å². The van der Waals surface area contributed by atoms with Crippen LogP contribution in [-0.4, -0.2) is 27.4 Å². The van der Waals surface area contributed by atoms with Crippen molar-refractivity contribution < 1.29 is 8.42 Å². The van der Waals surface area contributed by atoms with Gasteiger partial charge in [0.25, 0.3) is 10.0 Å². The highest BCUT2D eigenvalue weighted by Gasteiger charge is 2.19. The normalized spacial score (nSPS) is 11.8. The van der Waals surface area contributed by atoms with Gasteiger partial charge in [-0.3, -0.25) is 4.72 Å². The Morgan fingerprint density at radius 2 is 1.88 bits per heavy atom. The molecule has 1 aromatic carbocycles. The standard InChI is InChI=1S/C18H17N5O2S/c1-13-19-18(12-22(13)2)26(24,25)21-15-7-5-6-14(10-15)16-11-23-9-4-3-8-17(23)20-16/h3-12,21H,1-2H3. The molecule has 3 aromatic heterocycles. The summed E-state index contributed by atoms with van der Waals surface area (Å²) in [6.07, 6.45) is 5.32. The van der Waals surface area contributed by atoms with Crippen LogP contribution < -0.4 is 4.72 Å². The zero-order valence-electron chi connectivity index (χ0n) is 14.3. The smallest absolute Gasteiger partial charge is 0.280 e. The first-order chi connectivity index (χ1) is 12.4. The van der Waals surface area contributed by atoms with Gasteiger partial charge in [0.15, 0.2) is 5.03 Å². The molecular weight excluding hydrogens is 350 g/mol. The van der Waals surface area contributed by atoms with Gasteiger partial charge in [-0.1, -0.05) is 18.2 Å². The second kappa shape index (κ2) is 5.99. The van der Waals surface area contributed by atoms with Crippen molar-refractivity contribution in [3.05, 3.63) is 66.9 Å². The summed E-state index contributed by atoms with van der Waals surface area (Å²) in [5.74, 6) is 0.629. The van der Waals surface area contributed by atoms with Crippen molar-refractivity contribution in [3.63, 3.8) is 0 Å². The van der Waals surface area contributed by atoms with Crippen molar-refractivity contribution in [2.45, 2.75) is 11.9 Å². The van der Waals surface area contributed by atoms with Gasteiger partial charge in [-0.2, -0.15) is 8.42 Å². The Balaban J connectivity index is 1.67. The molecule has 26 heavy (non-hydrogen) atoms. The summed E-state index contributed by atoms with van der Waals surface area (Å²) >= 11 is 0. The first kappa shape index (κ1) is 16.3. The molecule has 3 heterocycles. The molecule has 0 atom stereocenters. The van der Waals surface area contributed by atoms with E-state index in [1.165, 1.54) is 6.20 Å². The number of nitrogens with one attached hydrogen (secondary N) is 1. The average molecular weight is 367 g/mol. The van der Waals surface area contributed by atoms with E-state index >= 15 is 0 Å². The predicted molar refractivity (Wildman–Crippen MR) is 99.4 cm³/mol. The summed E-state index contributed by atoms with van der Waals surface area (Å²) < 4.78 is 31.3. The van der Waals surface area contributed by atoms with E-state index in [9.17, 15) is 8.42 Å². The lowest BCUT2D eigenvalue weighted by molar-refractivity contribution is 0.598. The highest BCUT2D eigenvalue weighted by atomic mass is 32.2. The molecule has 0 unspecified atom stereocenters. The zero-order valence-corrected chi connectivity index (χ0v) is 15.1. The summed E-state index contributed by atoms with van der Waals surface area (Å²) in [6.45, 7) is 1.75. The van der Waals surface area contributed by atoms with E-state index < -0.39 is 10.0 Å². The monoisotopic (exact) mass is 367 g/mol. The molecule has 0 aliphatic carbocycles. The van der Waals surface area contributed by atoms with Gasteiger partial charge < -0.3 is 8.97 Å². The van der Waals surface area contributed by atoms with Crippen LogP contribution in [0.3, 0.4) is 0 Å². The van der Waals surface area contributed by atoms with E-state index in [0.717, 1.165) is 16.9 Å². The molecule has 7 nitrogen and oxygen atoms in total. The van der Waals surface area contributed by atoms with Crippen LogP contribution in [0.5, 0.6) is 0 Å². The molecule has 0 aliphatic rings. The van der Waals surface area contributed by atoms with Crippen LogP contribution in [0.4, 0.5) is 5.69 Å². The Kier molecular flexibility index (Phi) is 3.77. The summed E-state index contributed by atoms with van der Waals surface area (Å²) in [4.78, 5) is 8.65. The molecule has 4 aromatic rings. The van der Waals surface area contributed by atoms with E-state index in [1.54, 1.807) is 36.7 Å². The van der Waals surface area contributed by atoms with Gasteiger partial charge in [0.05, 0.1) is 5.69 Å². The third-order valence-electron chi connectivity index (χ3n) is 4.14. The highest BCUT2D eigenvalue weighted by molar-refractivity contribution is 7.92. The molecule has 1 N–H and O–H groups in total. The number of fused-ring (bicyclic) bond motifs is 1. The number of hydrogen-bond donors (Lipinski definition) is 1. The van der Waals surface area contributed by atoms with E-state index in [0.29, 0.717) is 11.5 Å². The summed E-state index contributed by atoms with van der Waals surface area (Å²) in [5, 5.41) is -0.00404. The number of aryl methyl sites for hydroxylation is 2. The maximum Gasteiger partial charge on any atom is 0.280 e. The lowest BCUT2D eigenvalue weighted by Gasteiger charge is -2.07. The second-order valence-corrected chi connectivity index (χ2v) is 7.65. The third-order valence-corrected chi connectivity index (χ3v) is 5.39. The molecule has 0 radical (unpaired) electrons. The maximum atomic E-state index is 12.5. The first-order valence-corrected chi connectivity index (χ1v) is 9.48. The number of hydrogen-bond acceptors (Lipinski definition) is 4. The van der Waals surface area contributed by atoms with Gasteiger partial charge >= 0.3 is 0 Å². The van der Waals surface area contributed by atoms with Crippen molar-refractivity contribution in [1.29, 1.82) is 0 Å². The Bertz CT molecular complexity index is 1150. The molecule has 0 aliphatic heterocycles. The molecular formula is C18H17N5O2S. The number of pyridine rings is 1. The Labute approximate surface area is 151 Å². The molecule has 0 saturated carbocycles. The highest BCUT2D eigenvalue weighted by Crippen LogP contribution is 2.24. The van der Waals surface area contributed by atoms with E-state index in [4.69, 9.17) is 0 Å². The molecule has 4 rings (SSSR count). The minimum atomic E-state index is -3.75. The van der Waals surface area contributed by atoms with Crippen LogP contribution in [0.2, 0.25) is 0 Å². The fourth-order valence-electron chi connectivity index (χ4n) is 2.68. The van der Waals surface area contributed by atoms with Crippen LogP contribution in [0.25, 0.3) is 16.9 Å².